The molecule has 0 bridgehead atoms. The zero-order valence-electron chi connectivity index (χ0n) is 15.7. The number of nitrogens with zero attached hydrogens (tertiary/aromatic N) is 1. The fourth-order valence-corrected chi connectivity index (χ4v) is 4.48. The molecule has 1 saturated carbocycles. The number of hydrogen-bond donors (Lipinski definition) is 4. The second-order valence-electron chi connectivity index (χ2n) is 8.09. The molecule has 8 heteroatoms. The Kier molecular flexibility index (Phi) is 5.18. The van der Waals surface area contributed by atoms with Gasteiger partial charge in [-0.1, -0.05) is 12.1 Å². The third-order valence-corrected chi connectivity index (χ3v) is 6.02. The molecule has 0 spiro atoms. The highest BCUT2D eigenvalue weighted by molar-refractivity contribution is 6.05. The van der Waals surface area contributed by atoms with Gasteiger partial charge in [0.05, 0.1) is 6.10 Å². The Morgan fingerprint density at radius 2 is 2.07 bits per heavy atom. The summed E-state index contributed by atoms with van der Waals surface area (Å²) in [5, 5.41) is 15.5. The van der Waals surface area contributed by atoms with Crippen LogP contribution >= 0.6 is 0 Å². The van der Waals surface area contributed by atoms with Gasteiger partial charge in [-0.15, -0.1) is 0 Å². The molecule has 1 saturated heterocycles. The molecule has 2 fully saturated rings. The first-order valence-electron chi connectivity index (χ1n) is 9.83. The van der Waals surface area contributed by atoms with E-state index in [1.807, 2.05) is 18.2 Å². The minimum absolute atomic E-state index is 0.129. The molecule has 8 nitrogen and oxygen atoms in total. The van der Waals surface area contributed by atoms with Crippen molar-refractivity contribution in [3.05, 3.63) is 34.9 Å². The topological polar surface area (TPSA) is 125 Å². The summed E-state index contributed by atoms with van der Waals surface area (Å²) in [6.45, 7) is 1.85. The van der Waals surface area contributed by atoms with Gasteiger partial charge in [0.2, 0.25) is 11.8 Å². The molecule has 1 aliphatic carbocycles. The summed E-state index contributed by atoms with van der Waals surface area (Å²) in [5.74, 6) is -0.451. The molecule has 4 rings (SSSR count). The first-order valence-corrected chi connectivity index (χ1v) is 9.83. The number of benzene rings is 1. The molecule has 1 aromatic rings. The Morgan fingerprint density at radius 3 is 2.79 bits per heavy atom. The highest BCUT2D eigenvalue weighted by Crippen LogP contribution is 2.28. The van der Waals surface area contributed by atoms with Crippen molar-refractivity contribution in [3.63, 3.8) is 0 Å². The van der Waals surface area contributed by atoms with Crippen LogP contribution in [0.2, 0.25) is 0 Å². The van der Waals surface area contributed by atoms with E-state index in [1.165, 1.54) is 0 Å². The van der Waals surface area contributed by atoms with Crippen molar-refractivity contribution in [1.82, 2.24) is 15.5 Å². The summed E-state index contributed by atoms with van der Waals surface area (Å²) in [6, 6.07) is 5.03. The SMILES string of the molecule is N[C@@H]1C[C@H](CNCc2ccc3c(c2)CN(C2CCC(=O)NC2=O)C3=O)C[C@H]1O. The van der Waals surface area contributed by atoms with Crippen molar-refractivity contribution in [2.45, 2.75) is 57.0 Å². The first-order chi connectivity index (χ1) is 13.4. The summed E-state index contributed by atoms with van der Waals surface area (Å²) in [7, 11) is 0. The average Bonchev–Trinajstić information content (AvgIpc) is 3.14. The van der Waals surface area contributed by atoms with Crippen LogP contribution in [-0.2, 0) is 22.7 Å². The molecular formula is C20H26N4O4. The van der Waals surface area contributed by atoms with Gasteiger partial charge in [-0.2, -0.15) is 0 Å². The maximum Gasteiger partial charge on any atom is 0.255 e. The van der Waals surface area contributed by atoms with Gasteiger partial charge < -0.3 is 21.1 Å². The summed E-state index contributed by atoms with van der Waals surface area (Å²) < 4.78 is 0. The number of aliphatic hydroxyl groups excluding tert-OH is 1. The summed E-state index contributed by atoms with van der Waals surface area (Å²) in [5.41, 5.74) is 8.46. The number of rotatable bonds is 5. The van der Waals surface area contributed by atoms with Gasteiger partial charge in [-0.25, -0.2) is 0 Å². The Bertz CT molecular complexity index is 801. The normalized spacial score (nSPS) is 29.9. The minimum atomic E-state index is -0.586. The van der Waals surface area contributed by atoms with E-state index in [0.717, 1.165) is 30.5 Å². The fraction of sp³-hybridized carbons (Fsp3) is 0.550. The number of fused-ring (bicyclic) bond motifs is 1. The number of nitrogens with one attached hydrogen (secondary N) is 2. The molecule has 1 unspecified atom stereocenters. The molecule has 0 aromatic heterocycles. The van der Waals surface area contributed by atoms with Crippen molar-refractivity contribution in [3.8, 4) is 0 Å². The van der Waals surface area contributed by atoms with Crippen molar-refractivity contribution in [2.24, 2.45) is 11.7 Å². The molecular weight excluding hydrogens is 360 g/mol. The van der Waals surface area contributed by atoms with Crippen LogP contribution in [0.15, 0.2) is 18.2 Å². The van der Waals surface area contributed by atoms with Crippen LogP contribution in [0.3, 0.4) is 0 Å². The van der Waals surface area contributed by atoms with Crippen molar-refractivity contribution >= 4 is 17.7 Å². The number of piperidine rings is 1. The number of nitrogens with two attached hydrogens (primary N) is 1. The van der Waals surface area contributed by atoms with Crippen molar-refractivity contribution in [2.75, 3.05) is 6.54 Å². The van der Waals surface area contributed by atoms with Gasteiger partial charge >= 0.3 is 0 Å². The smallest absolute Gasteiger partial charge is 0.255 e. The van der Waals surface area contributed by atoms with Gasteiger partial charge in [0, 0.05) is 31.1 Å². The standard InChI is InChI=1S/C20H26N4O4/c21-15-6-12(7-17(15)25)9-22-8-11-1-2-14-13(5-11)10-24(20(14)28)16-3-4-18(26)23-19(16)27/h1-2,5,12,15-17,22,25H,3-4,6-10,21H2,(H,23,26,27)/t12-,15+,16?,17+/m0/s1. The van der Waals surface area contributed by atoms with Gasteiger partial charge in [-0.3, -0.25) is 19.7 Å². The summed E-state index contributed by atoms with van der Waals surface area (Å²) in [6.07, 6.45) is 1.78. The Labute approximate surface area is 163 Å². The second-order valence-corrected chi connectivity index (χ2v) is 8.09. The Balaban J connectivity index is 1.36. The van der Waals surface area contributed by atoms with Crippen LogP contribution in [-0.4, -0.2) is 52.5 Å². The molecule has 3 aliphatic rings. The van der Waals surface area contributed by atoms with E-state index >= 15 is 0 Å². The van der Waals surface area contributed by atoms with E-state index in [-0.39, 0.29) is 24.3 Å². The number of aliphatic hydroxyl groups is 1. The molecule has 5 N–H and O–H groups in total. The van der Waals surface area contributed by atoms with E-state index in [2.05, 4.69) is 10.6 Å². The quantitative estimate of drug-likeness (QED) is 0.512. The van der Waals surface area contributed by atoms with Gasteiger partial charge in [-0.05, 0) is 48.9 Å². The largest absolute Gasteiger partial charge is 0.392 e. The van der Waals surface area contributed by atoms with Crippen LogP contribution in [0.4, 0.5) is 0 Å². The van der Waals surface area contributed by atoms with E-state index in [4.69, 9.17) is 5.73 Å². The Morgan fingerprint density at radius 1 is 1.25 bits per heavy atom. The number of hydrogen-bond acceptors (Lipinski definition) is 6. The molecule has 2 heterocycles. The third kappa shape index (κ3) is 3.67. The van der Waals surface area contributed by atoms with Crippen molar-refractivity contribution < 1.29 is 19.5 Å². The van der Waals surface area contributed by atoms with Crippen LogP contribution in [0.5, 0.6) is 0 Å². The van der Waals surface area contributed by atoms with Gasteiger partial charge in [0.15, 0.2) is 0 Å². The highest BCUT2D eigenvalue weighted by atomic mass is 16.3. The molecule has 2 aliphatic heterocycles. The van der Waals surface area contributed by atoms with Crippen LogP contribution < -0.4 is 16.4 Å². The molecule has 1 aromatic carbocycles. The lowest BCUT2D eigenvalue weighted by Gasteiger charge is -2.29. The molecule has 0 radical (unpaired) electrons. The lowest BCUT2D eigenvalue weighted by molar-refractivity contribution is -0.136. The van der Waals surface area contributed by atoms with E-state index in [1.54, 1.807) is 4.90 Å². The van der Waals surface area contributed by atoms with Crippen LogP contribution in [0.1, 0.15) is 47.2 Å². The third-order valence-electron chi connectivity index (χ3n) is 6.02. The predicted octanol–water partition coefficient (Wildman–Crippen LogP) is -0.365. The molecule has 28 heavy (non-hydrogen) atoms. The number of carbonyl (C=O) groups is 3. The molecule has 3 amide bonds. The van der Waals surface area contributed by atoms with E-state index < -0.39 is 18.1 Å². The van der Waals surface area contributed by atoms with Gasteiger partial charge in [0.25, 0.3) is 5.91 Å². The fourth-order valence-electron chi connectivity index (χ4n) is 4.48. The minimum Gasteiger partial charge on any atom is -0.392 e. The summed E-state index contributed by atoms with van der Waals surface area (Å²) >= 11 is 0. The predicted molar refractivity (Wildman–Crippen MR) is 101 cm³/mol. The van der Waals surface area contributed by atoms with E-state index in [0.29, 0.717) is 31.0 Å². The first kappa shape index (κ1) is 19.0. The highest BCUT2D eigenvalue weighted by Gasteiger charge is 2.39. The monoisotopic (exact) mass is 386 g/mol. The van der Waals surface area contributed by atoms with Crippen LogP contribution in [0, 0.1) is 5.92 Å². The lowest BCUT2D eigenvalue weighted by atomic mass is 10.0. The zero-order chi connectivity index (χ0) is 19.8. The zero-order valence-corrected chi connectivity index (χ0v) is 15.7. The van der Waals surface area contributed by atoms with E-state index in [9.17, 15) is 19.5 Å². The second kappa shape index (κ2) is 7.62. The summed E-state index contributed by atoms with van der Waals surface area (Å²) in [4.78, 5) is 37.7. The Hall–Kier alpha value is -2.29. The molecule has 4 atom stereocenters. The lowest BCUT2D eigenvalue weighted by Crippen LogP contribution is -2.52. The molecule has 150 valence electrons. The average molecular weight is 386 g/mol. The van der Waals surface area contributed by atoms with Gasteiger partial charge in [0.1, 0.15) is 6.04 Å². The van der Waals surface area contributed by atoms with Crippen molar-refractivity contribution in [1.29, 1.82) is 0 Å². The number of imide groups is 1. The maximum absolute atomic E-state index is 12.7. The number of carbonyl (C=O) groups excluding carboxylic acids is 3. The maximum atomic E-state index is 12.7. The van der Waals surface area contributed by atoms with Crippen LogP contribution in [0.25, 0.3) is 0 Å². The number of amides is 3.